The molecule has 3 rings (SSSR count). The van der Waals surface area contributed by atoms with Gasteiger partial charge in [-0.3, -0.25) is 29.0 Å². The Kier molecular flexibility index (Phi) is 4.04. The highest BCUT2D eigenvalue weighted by atomic mass is 16.3. The van der Waals surface area contributed by atoms with E-state index in [0.717, 1.165) is 9.80 Å². The van der Waals surface area contributed by atoms with Crippen molar-refractivity contribution in [3.63, 3.8) is 0 Å². The highest BCUT2D eigenvalue weighted by Gasteiger charge is 2.38. The molecule has 7 nitrogen and oxygen atoms in total. The Hall–Kier alpha value is -2.80. The van der Waals surface area contributed by atoms with Crippen LogP contribution in [0.25, 0.3) is 0 Å². The van der Waals surface area contributed by atoms with Crippen LogP contribution in [-0.2, 0) is 14.4 Å². The molecule has 2 aliphatic heterocycles. The van der Waals surface area contributed by atoms with Gasteiger partial charge in [0, 0.05) is 29.2 Å². The first-order valence-electron chi connectivity index (χ1n) is 7.93. The molecule has 3 amide bonds. The predicted octanol–water partition coefficient (Wildman–Crippen LogP) is 1.40. The van der Waals surface area contributed by atoms with Crippen molar-refractivity contribution < 1.29 is 24.3 Å². The summed E-state index contributed by atoms with van der Waals surface area (Å²) in [4.78, 5) is 50.8. The number of Topliss-reactive ketones (excluding diaryl/α,β-unsaturated/α-hetero) is 1. The van der Waals surface area contributed by atoms with Crippen molar-refractivity contribution >= 4 is 34.9 Å². The lowest BCUT2D eigenvalue weighted by Gasteiger charge is -2.24. The lowest BCUT2D eigenvalue weighted by Crippen LogP contribution is -2.35. The Morgan fingerprint density at radius 3 is 2.28 bits per heavy atom. The third kappa shape index (κ3) is 2.76. The zero-order valence-corrected chi connectivity index (χ0v) is 14.1. The molecule has 130 valence electrons. The number of amides is 3. The van der Waals surface area contributed by atoms with Crippen molar-refractivity contribution in [2.45, 2.75) is 33.4 Å². The molecule has 0 aromatic heterocycles. The van der Waals surface area contributed by atoms with Gasteiger partial charge in [-0.05, 0) is 38.1 Å². The molecule has 1 fully saturated rings. The van der Waals surface area contributed by atoms with E-state index < -0.39 is 18.1 Å². The fraction of sp³-hybridized carbons (Fsp3) is 0.333. The second-order valence-corrected chi connectivity index (χ2v) is 6.41. The highest BCUT2D eigenvalue weighted by molar-refractivity contribution is 6.21. The molecule has 25 heavy (non-hydrogen) atoms. The molecule has 1 N–H and O–H groups in total. The number of aliphatic hydroxyl groups excluding tert-OH is 1. The lowest BCUT2D eigenvalue weighted by molar-refractivity contribution is -0.122. The Bertz CT molecular complexity index is 842. The van der Waals surface area contributed by atoms with Crippen LogP contribution in [0.5, 0.6) is 0 Å². The van der Waals surface area contributed by atoms with Crippen LogP contribution in [-0.4, -0.2) is 34.8 Å². The molecular weight excluding hydrogens is 324 g/mol. The van der Waals surface area contributed by atoms with Gasteiger partial charge < -0.3 is 5.11 Å². The maximum atomic E-state index is 12.3. The SMILES string of the molecule is CC(=O)c1cc(N2C(=O)CC(C)C2=O)cc(N2C(=O)C(C)=CC2O)c1. The Morgan fingerprint density at radius 2 is 1.80 bits per heavy atom. The average Bonchev–Trinajstić information content (AvgIpc) is 2.93. The fourth-order valence-electron chi connectivity index (χ4n) is 3.07. The van der Waals surface area contributed by atoms with Gasteiger partial charge in [0.05, 0.1) is 5.69 Å². The summed E-state index contributed by atoms with van der Waals surface area (Å²) in [5.74, 6) is -1.81. The topological polar surface area (TPSA) is 95.0 Å². The third-order valence-corrected chi connectivity index (χ3v) is 4.44. The normalized spacial score (nSPS) is 23.5. The summed E-state index contributed by atoms with van der Waals surface area (Å²) in [6.45, 7) is 4.60. The smallest absolute Gasteiger partial charge is 0.256 e. The van der Waals surface area contributed by atoms with Crippen molar-refractivity contribution in [1.29, 1.82) is 0 Å². The summed E-state index contributed by atoms with van der Waals surface area (Å²) in [5, 5.41) is 10.1. The van der Waals surface area contributed by atoms with Crippen molar-refractivity contribution in [1.82, 2.24) is 0 Å². The number of aliphatic hydroxyl groups is 1. The van der Waals surface area contributed by atoms with Crippen LogP contribution in [0.2, 0.25) is 0 Å². The van der Waals surface area contributed by atoms with Crippen LogP contribution in [0, 0.1) is 5.92 Å². The van der Waals surface area contributed by atoms with Gasteiger partial charge in [0.2, 0.25) is 11.8 Å². The van der Waals surface area contributed by atoms with Crippen molar-refractivity contribution in [3.05, 3.63) is 35.4 Å². The number of carbonyl (C=O) groups excluding carboxylic acids is 4. The van der Waals surface area contributed by atoms with Gasteiger partial charge in [0.1, 0.15) is 0 Å². The largest absolute Gasteiger partial charge is 0.369 e. The Morgan fingerprint density at radius 1 is 1.16 bits per heavy atom. The zero-order valence-electron chi connectivity index (χ0n) is 14.1. The first-order chi connectivity index (χ1) is 11.7. The number of imide groups is 1. The van der Waals surface area contributed by atoms with Gasteiger partial charge in [-0.25, -0.2) is 0 Å². The van der Waals surface area contributed by atoms with Crippen LogP contribution >= 0.6 is 0 Å². The van der Waals surface area contributed by atoms with E-state index in [0.29, 0.717) is 5.57 Å². The summed E-state index contributed by atoms with van der Waals surface area (Å²) in [6, 6.07) is 4.38. The van der Waals surface area contributed by atoms with E-state index >= 15 is 0 Å². The van der Waals surface area contributed by atoms with Crippen LogP contribution in [0.3, 0.4) is 0 Å². The molecule has 2 atom stereocenters. The van der Waals surface area contributed by atoms with E-state index in [4.69, 9.17) is 0 Å². The van der Waals surface area contributed by atoms with Crippen molar-refractivity contribution in [3.8, 4) is 0 Å². The Balaban J connectivity index is 2.11. The molecule has 2 heterocycles. The number of benzene rings is 1. The maximum Gasteiger partial charge on any atom is 0.256 e. The summed E-state index contributed by atoms with van der Waals surface area (Å²) in [5.41, 5.74) is 1.11. The Labute approximate surface area is 144 Å². The quantitative estimate of drug-likeness (QED) is 0.662. The highest BCUT2D eigenvalue weighted by Crippen LogP contribution is 2.33. The van der Waals surface area contributed by atoms with E-state index in [-0.39, 0.29) is 41.0 Å². The van der Waals surface area contributed by atoms with E-state index in [9.17, 15) is 24.3 Å². The molecule has 1 saturated heterocycles. The third-order valence-electron chi connectivity index (χ3n) is 4.44. The number of rotatable bonds is 3. The standard InChI is InChI=1S/C18H18N2O5/c1-9-4-15(22)19(17(9)24)13-6-12(11(3)21)7-14(8-13)20-16(23)5-10(2)18(20)25/h4,6-8,10,15,22H,5H2,1-3H3. The molecule has 2 unspecified atom stereocenters. The number of hydrogen-bond acceptors (Lipinski definition) is 5. The van der Waals surface area contributed by atoms with E-state index in [1.807, 2.05) is 0 Å². The number of nitrogens with zero attached hydrogens (tertiary/aromatic N) is 2. The zero-order chi connectivity index (χ0) is 18.5. The number of anilines is 2. The van der Waals surface area contributed by atoms with Crippen LogP contribution in [0.4, 0.5) is 11.4 Å². The van der Waals surface area contributed by atoms with Crippen molar-refractivity contribution in [2.75, 3.05) is 9.80 Å². The van der Waals surface area contributed by atoms with Crippen LogP contribution in [0.1, 0.15) is 37.6 Å². The molecule has 0 radical (unpaired) electrons. The summed E-state index contributed by atoms with van der Waals surface area (Å²) in [7, 11) is 0. The molecule has 1 aromatic rings. The first-order valence-corrected chi connectivity index (χ1v) is 7.93. The molecule has 0 bridgehead atoms. The predicted molar refractivity (Wildman–Crippen MR) is 90.0 cm³/mol. The molecule has 0 spiro atoms. The summed E-state index contributed by atoms with van der Waals surface area (Å²) < 4.78 is 0. The molecule has 7 heteroatoms. The monoisotopic (exact) mass is 342 g/mol. The van der Waals surface area contributed by atoms with Crippen LogP contribution < -0.4 is 9.80 Å². The average molecular weight is 342 g/mol. The van der Waals surface area contributed by atoms with Gasteiger partial charge in [-0.2, -0.15) is 0 Å². The second-order valence-electron chi connectivity index (χ2n) is 6.41. The minimum atomic E-state index is -1.16. The van der Waals surface area contributed by atoms with Gasteiger partial charge in [0.25, 0.3) is 5.91 Å². The molecular formula is C18H18N2O5. The second kappa shape index (κ2) is 5.93. The molecule has 0 aliphatic carbocycles. The fourth-order valence-corrected chi connectivity index (χ4v) is 3.07. The van der Waals surface area contributed by atoms with Crippen molar-refractivity contribution in [2.24, 2.45) is 5.92 Å². The van der Waals surface area contributed by atoms with Gasteiger partial charge in [0.15, 0.2) is 12.0 Å². The number of ketones is 1. The van der Waals surface area contributed by atoms with Gasteiger partial charge >= 0.3 is 0 Å². The molecule has 2 aliphatic rings. The maximum absolute atomic E-state index is 12.3. The minimum absolute atomic E-state index is 0.102. The molecule has 1 aromatic carbocycles. The molecule has 0 saturated carbocycles. The van der Waals surface area contributed by atoms with Crippen LogP contribution in [0.15, 0.2) is 29.8 Å². The van der Waals surface area contributed by atoms with E-state index in [1.165, 1.54) is 31.2 Å². The summed E-state index contributed by atoms with van der Waals surface area (Å²) >= 11 is 0. The first kappa shape index (κ1) is 17.0. The van der Waals surface area contributed by atoms with Gasteiger partial charge in [-0.1, -0.05) is 6.92 Å². The van der Waals surface area contributed by atoms with Gasteiger partial charge in [-0.15, -0.1) is 0 Å². The van der Waals surface area contributed by atoms with E-state index in [1.54, 1.807) is 13.8 Å². The lowest BCUT2D eigenvalue weighted by atomic mass is 10.1. The summed E-state index contributed by atoms with van der Waals surface area (Å²) in [6.07, 6.45) is 0.340. The minimum Gasteiger partial charge on any atom is -0.369 e. The number of carbonyl (C=O) groups is 4. The van der Waals surface area contributed by atoms with E-state index in [2.05, 4.69) is 0 Å². The number of hydrogen-bond donors (Lipinski definition) is 1.